The second-order valence-corrected chi connectivity index (χ2v) is 7.35. The summed E-state index contributed by atoms with van der Waals surface area (Å²) in [7, 11) is 0. The van der Waals surface area contributed by atoms with E-state index in [1.807, 2.05) is 78.9 Å². The molecule has 0 aliphatic rings. The van der Waals surface area contributed by atoms with Crippen LogP contribution in [0, 0.1) is 6.92 Å². The molecule has 1 aromatic heterocycles. The number of hydrogen-bond acceptors (Lipinski definition) is 2. The molecule has 30 heavy (non-hydrogen) atoms. The van der Waals surface area contributed by atoms with Gasteiger partial charge in [-0.3, -0.25) is 9.36 Å². The minimum Gasteiger partial charge on any atom is -0.268 e. The third kappa shape index (κ3) is 3.20. The minimum absolute atomic E-state index is 0.0692. The van der Waals surface area contributed by atoms with Crippen LogP contribution < -0.4 is 5.56 Å². The molecule has 0 N–H and O–H groups in total. The standard InChI is InChI=1S/C27H20N2O/c1-19-8-2-3-9-20(19)15-17-26-28-25-13-7-6-12-24(25)27(30)29(26)23-16-14-21-10-4-5-11-22(21)18-23/h2-18H,1H3/b17-15+. The Morgan fingerprint density at radius 1 is 0.767 bits per heavy atom. The zero-order chi connectivity index (χ0) is 20.5. The molecule has 0 aliphatic carbocycles. The number of fused-ring (bicyclic) bond motifs is 2. The van der Waals surface area contributed by atoms with Crippen molar-refractivity contribution in [2.45, 2.75) is 6.92 Å². The van der Waals surface area contributed by atoms with Crippen molar-refractivity contribution >= 4 is 33.8 Å². The summed E-state index contributed by atoms with van der Waals surface area (Å²) in [4.78, 5) is 18.3. The number of para-hydroxylation sites is 1. The predicted molar refractivity (Wildman–Crippen MR) is 125 cm³/mol. The van der Waals surface area contributed by atoms with Gasteiger partial charge in [-0.15, -0.1) is 0 Å². The van der Waals surface area contributed by atoms with Gasteiger partial charge >= 0.3 is 0 Å². The summed E-state index contributed by atoms with van der Waals surface area (Å²) in [6.07, 6.45) is 3.94. The zero-order valence-corrected chi connectivity index (χ0v) is 16.6. The molecule has 0 spiro atoms. The summed E-state index contributed by atoms with van der Waals surface area (Å²) in [5.41, 5.74) is 3.71. The Morgan fingerprint density at radius 2 is 1.50 bits per heavy atom. The highest BCUT2D eigenvalue weighted by Gasteiger charge is 2.11. The van der Waals surface area contributed by atoms with E-state index < -0.39 is 0 Å². The van der Waals surface area contributed by atoms with E-state index in [4.69, 9.17) is 4.98 Å². The first-order chi connectivity index (χ1) is 14.7. The van der Waals surface area contributed by atoms with Crippen LogP contribution in [-0.2, 0) is 0 Å². The van der Waals surface area contributed by atoms with Gasteiger partial charge in [0.2, 0.25) is 0 Å². The van der Waals surface area contributed by atoms with Crippen LogP contribution in [0.2, 0.25) is 0 Å². The van der Waals surface area contributed by atoms with Crippen molar-refractivity contribution in [1.82, 2.24) is 9.55 Å². The van der Waals surface area contributed by atoms with Crippen LogP contribution in [0.4, 0.5) is 0 Å². The Hall–Kier alpha value is -3.98. The van der Waals surface area contributed by atoms with E-state index in [2.05, 4.69) is 31.2 Å². The third-order valence-corrected chi connectivity index (χ3v) is 5.39. The van der Waals surface area contributed by atoms with E-state index in [9.17, 15) is 4.79 Å². The quantitative estimate of drug-likeness (QED) is 0.379. The van der Waals surface area contributed by atoms with Crippen LogP contribution in [0.25, 0.3) is 39.5 Å². The van der Waals surface area contributed by atoms with Crippen molar-refractivity contribution in [3.05, 3.63) is 118 Å². The molecule has 0 aliphatic heterocycles. The van der Waals surface area contributed by atoms with E-state index in [1.54, 1.807) is 4.57 Å². The van der Waals surface area contributed by atoms with Gasteiger partial charge in [0, 0.05) is 0 Å². The number of hydrogen-bond donors (Lipinski definition) is 0. The van der Waals surface area contributed by atoms with Crippen LogP contribution in [-0.4, -0.2) is 9.55 Å². The molecule has 4 aromatic carbocycles. The van der Waals surface area contributed by atoms with Crippen LogP contribution in [0.15, 0.2) is 95.8 Å². The van der Waals surface area contributed by atoms with Crippen molar-refractivity contribution in [2.24, 2.45) is 0 Å². The molecule has 0 fully saturated rings. The second-order valence-electron chi connectivity index (χ2n) is 7.35. The number of benzene rings is 4. The van der Waals surface area contributed by atoms with Gasteiger partial charge < -0.3 is 0 Å². The molecule has 3 nitrogen and oxygen atoms in total. The van der Waals surface area contributed by atoms with Gasteiger partial charge in [0.15, 0.2) is 0 Å². The molecule has 0 saturated carbocycles. The smallest absolute Gasteiger partial charge is 0.266 e. The van der Waals surface area contributed by atoms with Gasteiger partial charge in [0.25, 0.3) is 5.56 Å². The Morgan fingerprint density at radius 3 is 2.37 bits per heavy atom. The lowest BCUT2D eigenvalue weighted by molar-refractivity contribution is 0.946. The molecular weight excluding hydrogens is 368 g/mol. The molecule has 1 heterocycles. The lowest BCUT2D eigenvalue weighted by atomic mass is 10.1. The Kier molecular flexibility index (Phi) is 4.49. The Bertz CT molecular complexity index is 1480. The van der Waals surface area contributed by atoms with Gasteiger partial charge in [-0.2, -0.15) is 0 Å². The minimum atomic E-state index is -0.0692. The maximum absolute atomic E-state index is 13.5. The number of aromatic nitrogens is 2. The highest BCUT2D eigenvalue weighted by Crippen LogP contribution is 2.21. The molecule has 5 aromatic rings. The molecule has 0 unspecified atom stereocenters. The number of rotatable bonds is 3. The van der Waals surface area contributed by atoms with Gasteiger partial charge in [0.1, 0.15) is 5.82 Å². The average Bonchev–Trinajstić information content (AvgIpc) is 2.78. The summed E-state index contributed by atoms with van der Waals surface area (Å²) in [6.45, 7) is 2.07. The van der Waals surface area contributed by atoms with Crippen molar-refractivity contribution in [1.29, 1.82) is 0 Å². The highest BCUT2D eigenvalue weighted by molar-refractivity contribution is 5.85. The zero-order valence-electron chi connectivity index (χ0n) is 16.6. The van der Waals surface area contributed by atoms with E-state index in [0.717, 1.165) is 22.0 Å². The topological polar surface area (TPSA) is 34.9 Å². The van der Waals surface area contributed by atoms with Gasteiger partial charge in [-0.1, -0.05) is 72.8 Å². The molecule has 3 heteroatoms. The summed E-state index contributed by atoms with van der Waals surface area (Å²) >= 11 is 0. The normalized spacial score (nSPS) is 11.5. The first-order valence-electron chi connectivity index (χ1n) is 9.95. The van der Waals surface area contributed by atoms with Gasteiger partial charge in [0.05, 0.1) is 16.6 Å². The fourth-order valence-corrected chi connectivity index (χ4v) is 3.77. The summed E-state index contributed by atoms with van der Waals surface area (Å²) < 4.78 is 1.70. The summed E-state index contributed by atoms with van der Waals surface area (Å²) in [6, 6.07) is 29.9. The highest BCUT2D eigenvalue weighted by atomic mass is 16.1. The second kappa shape index (κ2) is 7.45. The van der Waals surface area contributed by atoms with Crippen molar-refractivity contribution in [2.75, 3.05) is 0 Å². The first kappa shape index (κ1) is 18.1. The monoisotopic (exact) mass is 388 g/mol. The molecular formula is C27H20N2O. The first-order valence-corrected chi connectivity index (χ1v) is 9.95. The Balaban J connectivity index is 1.76. The maximum Gasteiger partial charge on any atom is 0.266 e. The molecule has 0 radical (unpaired) electrons. The lowest BCUT2D eigenvalue weighted by Gasteiger charge is -2.12. The molecule has 5 rings (SSSR count). The third-order valence-electron chi connectivity index (χ3n) is 5.39. The van der Waals surface area contributed by atoms with Crippen molar-refractivity contribution in [3.63, 3.8) is 0 Å². The van der Waals surface area contributed by atoms with Gasteiger partial charge in [-0.05, 0) is 59.2 Å². The lowest BCUT2D eigenvalue weighted by Crippen LogP contribution is -2.22. The summed E-state index contributed by atoms with van der Waals surface area (Å²) in [5.74, 6) is 0.609. The van der Waals surface area contributed by atoms with E-state index >= 15 is 0 Å². The molecule has 0 amide bonds. The van der Waals surface area contributed by atoms with Crippen LogP contribution in [0.3, 0.4) is 0 Å². The van der Waals surface area contributed by atoms with Crippen LogP contribution in [0.1, 0.15) is 17.0 Å². The number of aryl methyl sites for hydroxylation is 1. The number of nitrogens with zero attached hydrogens (tertiary/aromatic N) is 2. The fourth-order valence-electron chi connectivity index (χ4n) is 3.77. The molecule has 0 saturated heterocycles. The SMILES string of the molecule is Cc1ccccc1/C=C/c1nc2ccccc2c(=O)n1-c1ccc2ccccc2c1. The van der Waals surface area contributed by atoms with Crippen molar-refractivity contribution in [3.8, 4) is 5.69 Å². The van der Waals surface area contributed by atoms with E-state index in [1.165, 1.54) is 5.56 Å². The van der Waals surface area contributed by atoms with Crippen LogP contribution >= 0.6 is 0 Å². The summed E-state index contributed by atoms with van der Waals surface area (Å²) in [5, 5.41) is 2.84. The fraction of sp³-hybridized carbons (Fsp3) is 0.0370. The van der Waals surface area contributed by atoms with E-state index in [-0.39, 0.29) is 5.56 Å². The van der Waals surface area contributed by atoms with Crippen molar-refractivity contribution < 1.29 is 0 Å². The largest absolute Gasteiger partial charge is 0.268 e. The predicted octanol–water partition coefficient (Wildman–Crippen LogP) is 6.02. The molecule has 0 bridgehead atoms. The van der Waals surface area contributed by atoms with E-state index in [0.29, 0.717) is 16.7 Å². The maximum atomic E-state index is 13.5. The molecule has 144 valence electrons. The average molecular weight is 388 g/mol. The Labute approximate surface area is 174 Å². The van der Waals surface area contributed by atoms with Gasteiger partial charge in [-0.25, -0.2) is 4.98 Å². The molecule has 0 atom stereocenters. The van der Waals surface area contributed by atoms with Crippen LogP contribution in [0.5, 0.6) is 0 Å².